The Hall–Kier alpha value is -2.96. The quantitative estimate of drug-likeness (QED) is 0.630. The molecule has 0 spiro atoms. The van der Waals surface area contributed by atoms with Gasteiger partial charge in [-0.1, -0.05) is 0 Å². The van der Waals surface area contributed by atoms with Gasteiger partial charge in [-0.25, -0.2) is 0 Å². The van der Waals surface area contributed by atoms with Crippen molar-refractivity contribution in [1.29, 1.82) is 0 Å². The van der Waals surface area contributed by atoms with Crippen LogP contribution in [0.25, 0.3) is 0 Å². The topological polar surface area (TPSA) is 86.6 Å². The Labute approximate surface area is 159 Å². The van der Waals surface area contributed by atoms with Crippen molar-refractivity contribution < 1.29 is 33.9 Å². The molecule has 0 heterocycles. The minimum absolute atomic E-state index is 0.00461. The van der Waals surface area contributed by atoms with E-state index in [-0.39, 0.29) is 23.0 Å². The van der Waals surface area contributed by atoms with E-state index in [4.69, 9.17) is 23.7 Å². The highest BCUT2D eigenvalue weighted by Crippen LogP contribution is 2.49. The zero-order valence-electron chi connectivity index (χ0n) is 16.1. The maximum Gasteiger partial charge on any atom is 0.211 e. The zero-order chi connectivity index (χ0) is 19.8. The number of phenolic OH excluding ortho intramolecular Hbond substituents is 2. The van der Waals surface area contributed by atoms with Gasteiger partial charge in [-0.3, -0.25) is 0 Å². The fraction of sp³-hybridized carbons (Fsp3) is 0.400. The average Bonchev–Trinajstić information content (AvgIpc) is 2.60. The molecule has 2 aromatic rings. The van der Waals surface area contributed by atoms with Crippen LogP contribution in [0.4, 0.5) is 0 Å². The fourth-order valence-electron chi connectivity index (χ4n) is 2.48. The Balaban J connectivity index is 2.60. The van der Waals surface area contributed by atoms with Crippen LogP contribution >= 0.6 is 0 Å². The van der Waals surface area contributed by atoms with Crippen LogP contribution < -0.4 is 23.7 Å². The van der Waals surface area contributed by atoms with Crippen LogP contribution in [0.2, 0.25) is 0 Å². The van der Waals surface area contributed by atoms with Crippen molar-refractivity contribution in [2.75, 3.05) is 26.4 Å². The van der Waals surface area contributed by atoms with Crippen molar-refractivity contribution in [2.45, 2.75) is 27.7 Å². The second kappa shape index (κ2) is 9.66. The molecule has 0 aliphatic heterocycles. The molecule has 2 rings (SSSR count). The van der Waals surface area contributed by atoms with Gasteiger partial charge >= 0.3 is 0 Å². The number of hydrogen-bond donors (Lipinski definition) is 2. The number of phenols is 2. The molecule has 7 nitrogen and oxygen atoms in total. The molecular weight excluding hydrogens is 352 g/mol. The summed E-state index contributed by atoms with van der Waals surface area (Å²) in [4.78, 5) is 0. The van der Waals surface area contributed by atoms with Gasteiger partial charge in [0, 0.05) is 24.3 Å². The molecule has 2 aromatic carbocycles. The lowest BCUT2D eigenvalue weighted by Crippen LogP contribution is -2.03. The van der Waals surface area contributed by atoms with Crippen LogP contribution in [0, 0.1) is 0 Å². The van der Waals surface area contributed by atoms with E-state index in [1.807, 2.05) is 27.7 Å². The lowest BCUT2D eigenvalue weighted by Gasteiger charge is -2.20. The van der Waals surface area contributed by atoms with Crippen molar-refractivity contribution in [3.05, 3.63) is 24.3 Å². The number of aromatic hydroxyl groups is 2. The second-order valence-corrected chi connectivity index (χ2v) is 5.38. The molecule has 0 saturated carbocycles. The van der Waals surface area contributed by atoms with E-state index in [1.165, 1.54) is 24.3 Å². The largest absolute Gasteiger partial charge is 0.508 e. The molecule has 0 atom stereocenters. The van der Waals surface area contributed by atoms with Gasteiger partial charge in [-0.05, 0) is 27.7 Å². The first-order valence-corrected chi connectivity index (χ1v) is 8.96. The van der Waals surface area contributed by atoms with E-state index < -0.39 is 0 Å². The Bertz CT molecular complexity index is 640. The minimum atomic E-state index is -0.00461. The lowest BCUT2D eigenvalue weighted by molar-refractivity contribution is 0.267. The highest BCUT2D eigenvalue weighted by atomic mass is 16.6. The Morgan fingerprint density at radius 3 is 1.04 bits per heavy atom. The van der Waals surface area contributed by atoms with Gasteiger partial charge in [-0.15, -0.1) is 0 Å². The number of hydrogen-bond acceptors (Lipinski definition) is 7. The van der Waals surface area contributed by atoms with Crippen molar-refractivity contribution >= 4 is 0 Å². The molecule has 0 amide bonds. The van der Waals surface area contributed by atoms with Gasteiger partial charge in [-0.2, -0.15) is 0 Å². The normalized spacial score (nSPS) is 10.4. The molecule has 148 valence electrons. The smallest absolute Gasteiger partial charge is 0.211 e. The molecule has 0 unspecified atom stereocenters. The molecular formula is C20H26O7. The lowest BCUT2D eigenvalue weighted by atomic mass is 10.2. The maximum absolute atomic E-state index is 9.95. The van der Waals surface area contributed by atoms with Gasteiger partial charge < -0.3 is 33.9 Å². The van der Waals surface area contributed by atoms with Crippen molar-refractivity contribution in [2.24, 2.45) is 0 Å². The summed E-state index contributed by atoms with van der Waals surface area (Å²) in [5, 5.41) is 19.9. The average molecular weight is 378 g/mol. The highest BCUT2D eigenvalue weighted by molar-refractivity contribution is 5.62. The third-order valence-corrected chi connectivity index (χ3v) is 3.41. The van der Waals surface area contributed by atoms with Gasteiger partial charge in [0.25, 0.3) is 0 Å². The predicted octanol–water partition coefficient (Wildman–Crippen LogP) is 4.48. The molecule has 0 saturated heterocycles. The molecule has 0 fully saturated rings. The Morgan fingerprint density at radius 2 is 0.815 bits per heavy atom. The summed E-state index contributed by atoms with van der Waals surface area (Å²) < 4.78 is 28.5. The maximum atomic E-state index is 9.95. The van der Waals surface area contributed by atoms with Crippen LogP contribution in [-0.2, 0) is 0 Å². The summed E-state index contributed by atoms with van der Waals surface area (Å²) in [6.07, 6.45) is 0. The summed E-state index contributed by atoms with van der Waals surface area (Å²) in [6.45, 7) is 8.79. The summed E-state index contributed by atoms with van der Waals surface area (Å²) in [6, 6.07) is 5.79. The summed E-state index contributed by atoms with van der Waals surface area (Å²) >= 11 is 0. The van der Waals surface area contributed by atoms with E-state index in [9.17, 15) is 10.2 Å². The Kier molecular flexibility index (Phi) is 7.28. The highest BCUT2D eigenvalue weighted by Gasteiger charge is 2.22. The first-order valence-electron chi connectivity index (χ1n) is 8.96. The van der Waals surface area contributed by atoms with Crippen LogP contribution in [0.5, 0.6) is 46.0 Å². The van der Waals surface area contributed by atoms with Crippen LogP contribution in [0.15, 0.2) is 24.3 Å². The van der Waals surface area contributed by atoms with Crippen molar-refractivity contribution in [3.63, 3.8) is 0 Å². The summed E-state index contributed by atoms with van der Waals surface area (Å²) in [5.74, 6) is 1.83. The number of benzene rings is 2. The molecule has 0 radical (unpaired) electrons. The van der Waals surface area contributed by atoms with Gasteiger partial charge in [0.05, 0.1) is 26.4 Å². The van der Waals surface area contributed by atoms with Crippen molar-refractivity contribution in [1.82, 2.24) is 0 Å². The van der Waals surface area contributed by atoms with Crippen LogP contribution in [-0.4, -0.2) is 36.6 Å². The predicted molar refractivity (Wildman–Crippen MR) is 101 cm³/mol. The molecule has 27 heavy (non-hydrogen) atoms. The van der Waals surface area contributed by atoms with Crippen molar-refractivity contribution in [3.8, 4) is 46.0 Å². The molecule has 7 heteroatoms. The van der Waals surface area contributed by atoms with E-state index in [2.05, 4.69) is 0 Å². The number of ether oxygens (including phenoxy) is 5. The first kappa shape index (κ1) is 20.4. The first-order chi connectivity index (χ1) is 13.0. The van der Waals surface area contributed by atoms with Crippen LogP contribution in [0.3, 0.4) is 0 Å². The molecule has 0 aliphatic rings. The Morgan fingerprint density at radius 1 is 0.556 bits per heavy atom. The van der Waals surface area contributed by atoms with E-state index in [1.54, 1.807) is 0 Å². The monoisotopic (exact) mass is 378 g/mol. The number of rotatable bonds is 10. The fourth-order valence-corrected chi connectivity index (χ4v) is 2.48. The van der Waals surface area contributed by atoms with Gasteiger partial charge in [0.15, 0.2) is 23.0 Å². The van der Waals surface area contributed by atoms with E-state index >= 15 is 0 Å². The third-order valence-electron chi connectivity index (χ3n) is 3.41. The summed E-state index contributed by atoms with van der Waals surface area (Å²) in [7, 11) is 0. The zero-order valence-corrected chi connectivity index (χ0v) is 16.1. The van der Waals surface area contributed by atoms with Gasteiger partial charge in [0.1, 0.15) is 11.5 Å². The van der Waals surface area contributed by atoms with E-state index in [0.717, 1.165) is 0 Å². The second-order valence-electron chi connectivity index (χ2n) is 5.38. The van der Waals surface area contributed by atoms with E-state index in [0.29, 0.717) is 49.4 Å². The van der Waals surface area contributed by atoms with Crippen LogP contribution in [0.1, 0.15) is 27.7 Å². The summed E-state index contributed by atoms with van der Waals surface area (Å²) in [5.41, 5.74) is 0. The molecule has 2 N–H and O–H groups in total. The molecule has 0 aromatic heterocycles. The third kappa shape index (κ3) is 5.03. The minimum Gasteiger partial charge on any atom is -0.508 e. The SMILES string of the molecule is CCOc1cc(O)cc(OCC)c1Oc1c(OCC)cc(O)cc1OCC. The molecule has 0 aliphatic carbocycles. The standard InChI is InChI=1S/C20H26O7/c1-5-23-15-9-13(21)10-16(24-6-2)19(15)27-20-17(25-7-3)11-14(22)12-18(20)26-8-4/h9-12,21-22H,5-8H2,1-4H3. The van der Waals surface area contributed by atoms with Gasteiger partial charge in [0.2, 0.25) is 11.5 Å². The molecule has 0 bridgehead atoms.